The molecule has 1 saturated heterocycles. The summed E-state index contributed by atoms with van der Waals surface area (Å²) in [7, 11) is 1.77. The highest BCUT2D eigenvalue weighted by Crippen LogP contribution is 2.26. The van der Waals surface area contributed by atoms with E-state index >= 15 is 0 Å². The minimum absolute atomic E-state index is 0.338. The molecule has 4 nitrogen and oxygen atoms in total. The smallest absolute Gasteiger partial charge is 0.123 e. The van der Waals surface area contributed by atoms with Crippen molar-refractivity contribution in [2.45, 2.75) is 39.0 Å². The molecule has 0 aromatic heterocycles. The van der Waals surface area contributed by atoms with Gasteiger partial charge in [0.1, 0.15) is 5.75 Å². The van der Waals surface area contributed by atoms with Crippen LogP contribution in [0.4, 0.5) is 0 Å². The van der Waals surface area contributed by atoms with E-state index in [-0.39, 0.29) is 0 Å². The number of ether oxygens (including phenoxy) is 2. The van der Waals surface area contributed by atoms with Gasteiger partial charge in [-0.2, -0.15) is 0 Å². The summed E-state index contributed by atoms with van der Waals surface area (Å²) in [6.45, 7) is 7.28. The van der Waals surface area contributed by atoms with E-state index in [2.05, 4.69) is 11.0 Å². The lowest BCUT2D eigenvalue weighted by Crippen LogP contribution is -2.22. The van der Waals surface area contributed by atoms with Crippen LogP contribution in [0.25, 0.3) is 0 Å². The van der Waals surface area contributed by atoms with E-state index in [9.17, 15) is 5.11 Å². The Hall–Kier alpha value is -1.10. The SMILES string of the molecule is CCOc1ccc(C(C)O)cc1CN1CCC(OC)C1. The second-order valence-electron chi connectivity index (χ2n) is 5.36. The molecule has 0 aliphatic carbocycles. The van der Waals surface area contributed by atoms with Gasteiger partial charge in [0.25, 0.3) is 0 Å². The number of aliphatic hydroxyl groups excluding tert-OH is 1. The number of benzene rings is 1. The Labute approximate surface area is 121 Å². The number of aliphatic hydroxyl groups is 1. The molecule has 0 spiro atoms. The van der Waals surface area contributed by atoms with E-state index < -0.39 is 6.10 Å². The highest BCUT2D eigenvalue weighted by atomic mass is 16.5. The number of hydrogen-bond acceptors (Lipinski definition) is 4. The summed E-state index contributed by atoms with van der Waals surface area (Å²) in [5.74, 6) is 0.915. The third-order valence-corrected chi connectivity index (χ3v) is 3.82. The zero-order valence-corrected chi connectivity index (χ0v) is 12.6. The fraction of sp³-hybridized carbons (Fsp3) is 0.625. The molecule has 0 amide bonds. The van der Waals surface area contributed by atoms with Gasteiger partial charge >= 0.3 is 0 Å². The first-order valence-corrected chi connectivity index (χ1v) is 7.32. The van der Waals surface area contributed by atoms with E-state index in [1.807, 2.05) is 19.1 Å². The van der Waals surface area contributed by atoms with Crippen LogP contribution < -0.4 is 4.74 Å². The summed E-state index contributed by atoms with van der Waals surface area (Å²) in [6, 6.07) is 5.95. The van der Waals surface area contributed by atoms with Crippen molar-refractivity contribution < 1.29 is 14.6 Å². The van der Waals surface area contributed by atoms with Gasteiger partial charge in [0.05, 0.1) is 18.8 Å². The molecular formula is C16H25NO3. The fourth-order valence-electron chi connectivity index (χ4n) is 2.65. The Bertz CT molecular complexity index is 434. The third kappa shape index (κ3) is 3.72. The number of hydrogen-bond donors (Lipinski definition) is 1. The lowest BCUT2D eigenvalue weighted by atomic mass is 10.1. The fourth-order valence-corrected chi connectivity index (χ4v) is 2.65. The minimum Gasteiger partial charge on any atom is -0.494 e. The highest BCUT2D eigenvalue weighted by Gasteiger charge is 2.23. The van der Waals surface area contributed by atoms with Crippen LogP contribution in [0, 0.1) is 0 Å². The zero-order valence-electron chi connectivity index (χ0n) is 12.6. The van der Waals surface area contributed by atoms with E-state index in [1.165, 1.54) is 0 Å². The van der Waals surface area contributed by atoms with Crippen LogP contribution in [0.3, 0.4) is 0 Å². The van der Waals surface area contributed by atoms with Crippen molar-refractivity contribution in [3.8, 4) is 5.75 Å². The van der Waals surface area contributed by atoms with Gasteiger partial charge in [-0.3, -0.25) is 4.90 Å². The molecule has 2 unspecified atom stereocenters. The summed E-state index contributed by atoms with van der Waals surface area (Å²) in [5, 5.41) is 9.74. The lowest BCUT2D eigenvalue weighted by molar-refractivity contribution is 0.107. The Morgan fingerprint density at radius 1 is 1.45 bits per heavy atom. The molecule has 0 saturated carbocycles. The van der Waals surface area contributed by atoms with Crippen LogP contribution in [0.5, 0.6) is 5.75 Å². The van der Waals surface area contributed by atoms with Gasteiger partial charge in [0.2, 0.25) is 0 Å². The summed E-state index contributed by atoms with van der Waals surface area (Å²) in [6.07, 6.45) is 0.969. The lowest BCUT2D eigenvalue weighted by Gasteiger charge is -2.19. The van der Waals surface area contributed by atoms with Crippen LogP contribution in [0.2, 0.25) is 0 Å². The zero-order chi connectivity index (χ0) is 14.5. The molecule has 0 bridgehead atoms. The Morgan fingerprint density at radius 2 is 2.25 bits per heavy atom. The monoisotopic (exact) mass is 279 g/mol. The Kier molecular flexibility index (Phi) is 5.40. The average Bonchev–Trinajstić information content (AvgIpc) is 2.88. The van der Waals surface area contributed by atoms with Crippen molar-refractivity contribution in [2.24, 2.45) is 0 Å². The quantitative estimate of drug-likeness (QED) is 0.868. The highest BCUT2D eigenvalue weighted by molar-refractivity contribution is 5.38. The maximum absolute atomic E-state index is 9.74. The van der Waals surface area contributed by atoms with Crippen molar-refractivity contribution >= 4 is 0 Å². The molecule has 4 heteroatoms. The molecule has 0 radical (unpaired) electrons. The van der Waals surface area contributed by atoms with Crippen LogP contribution in [0.1, 0.15) is 37.5 Å². The van der Waals surface area contributed by atoms with E-state index in [4.69, 9.17) is 9.47 Å². The van der Waals surface area contributed by atoms with E-state index in [0.29, 0.717) is 12.7 Å². The van der Waals surface area contributed by atoms with Gasteiger partial charge in [0, 0.05) is 32.3 Å². The van der Waals surface area contributed by atoms with Gasteiger partial charge in [-0.25, -0.2) is 0 Å². The van der Waals surface area contributed by atoms with E-state index in [1.54, 1.807) is 14.0 Å². The van der Waals surface area contributed by atoms with Crippen molar-refractivity contribution in [3.63, 3.8) is 0 Å². The summed E-state index contributed by atoms with van der Waals surface area (Å²) in [4.78, 5) is 2.37. The molecular weight excluding hydrogens is 254 g/mol. The number of methoxy groups -OCH3 is 1. The predicted octanol–water partition coefficient (Wildman–Crippen LogP) is 2.36. The number of likely N-dealkylation sites (tertiary alicyclic amines) is 1. The van der Waals surface area contributed by atoms with Crippen LogP contribution in [0.15, 0.2) is 18.2 Å². The number of rotatable bonds is 6. The third-order valence-electron chi connectivity index (χ3n) is 3.82. The second kappa shape index (κ2) is 7.07. The topological polar surface area (TPSA) is 41.9 Å². The van der Waals surface area contributed by atoms with Crippen molar-refractivity contribution in [1.82, 2.24) is 4.90 Å². The standard InChI is InChI=1S/C16H25NO3/c1-4-20-16-6-5-13(12(2)18)9-14(16)10-17-8-7-15(11-17)19-3/h5-6,9,12,15,18H,4,7-8,10-11H2,1-3H3. The Balaban J connectivity index is 2.13. The first kappa shape index (κ1) is 15.3. The molecule has 1 aliphatic heterocycles. The molecule has 1 aromatic carbocycles. The first-order chi connectivity index (χ1) is 9.63. The second-order valence-corrected chi connectivity index (χ2v) is 5.36. The Morgan fingerprint density at radius 3 is 2.85 bits per heavy atom. The largest absolute Gasteiger partial charge is 0.494 e. The van der Waals surface area contributed by atoms with Gasteiger partial charge < -0.3 is 14.6 Å². The molecule has 1 aliphatic rings. The normalized spacial score (nSPS) is 21.1. The molecule has 2 atom stereocenters. The molecule has 1 aromatic rings. The van der Waals surface area contributed by atoms with Crippen molar-refractivity contribution in [1.29, 1.82) is 0 Å². The summed E-state index contributed by atoms with van der Waals surface area (Å²) in [5.41, 5.74) is 2.08. The maximum Gasteiger partial charge on any atom is 0.123 e. The average molecular weight is 279 g/mol. The predicted molar refractivity (Wildman–Crippen MR) is 78.9 cm³/mol. The number of nitrogens with zero attached hydrogens (tertiary/aromatic N) is 1. The summed E-state index contributed by atoms with van der Waals surface area (Å²) < 4.78 is 11.1. The van der Waals surface area contributed by atoms with Crippen LogP contribution in [-0.4, -0.2) is 42.9 Å². The molecule has 2 rings (SSSR count). The van der Waals surface area contributed by atoms with E-state index in [0.717, 1.165) is 42.9 Å². The van der Waals surface area contributed by atoms with Crippen molar-refractivity contribution in [3.05, 3.63) is 29.3 Å². The summed E-state index contributed by atoms with van der Waals surface area (Å²) >= 11 is 0. The van der Waals surface area contributed by atoms with Gasteiger partial charge in [-0.15, -0.1) is 0 Å². The molecule has 1 N–H and O–H groups in total. The van der Waals surface area contributed by atoms with Crippen LogP contribution in [-0.2, 0) is 11.3 Å². The molecule has 1 heterocycles. The van der Waals surface area contributed by atoms with Gasteiger partial charge in [0.15, 0.2) is 0 Å². The molecule has 112 valence electrons. The minimum atomic E-state index is -0.449. The van der Waals surface area contributed by atoms with Gasteiger partial charge in [-0.1, -0.05) is 6.07 Å². The molecule has 20 heavy (non-hydrogen) atoms. The van der Waals surface area contributed by atoms with Gasteiger partial charge in [-0.05, 0) is 38.0 Å². The molecule has 1 fully saturated rings. The first-order valence-electron chi connectivity index (χ1n) is 7.32. The van der Waals surface area contributed by atoms with Crippen molar-refractivity contribution in [2.75, 3.05) is 26.8 Å². The van der Waals surface area contributed by atoms with Crippen LogP contribution >= 0.6 is 0 Å². The maximum atomic E-state index is 9.74.